The maximum atomic E-state index is 12.9. The van der Waals surface area contributed by atoms with Crippen LogP contribution in [0.5, 0.6) is 11.5 Å². The second-order valence-corrected chi connectivity index (χ2v) is 6.09. The zero-order valence-corrected chi connectivity index (χ0v) is 15.8. The first-order valence-corrected chi connectivity index (χ1v) is 8.41. The van der Waals surface area contributed by atoms with Gasteiger partial charge in [0.25, 0.3) is 5.91 Å². The van der Waals surface area contributed by atoms with E-state index in [1.165, 1.54) is 7.11 Å². The maximum absolute atomic E-state index is 12.9. The number of carbonyl (C=O) groups excluding carboxylic acids is 2. The van der Waals surface area contributed by atoms with Crippen molar-refractivity contribution in [3.63, 3.8) is 0 Å². The number of carbonyl (C=O) groups is 2. The van der Waals surface area contributed by atoms with Crippen LogP contribution < -0.4 is 15.2 Å². The third kappa shape index (κ3) is 4.67. The Morgan fingerprint density at radius 1 is 1.15 bits per heavy atom. The van der Waals surface area contributed by atoms with Gasteiger partial charge >= 0.3 is 0 Å². The molecule has 0 heterocycles. The molecule has 0 unspecified atom stereocenters. The van der Waals surface area contributed by atoms with Gasteiger partial charge in [0.1, 0.15) is 0 Å². The first kappa shape index (κ1) is 20.0. The van der Waals surface area contributed by atoms with Gasteiger partial charge in [0.05, 0.1) is 14.2 Å². The molecule has 2 rings (SSSR count). The first-order chi connectivity index (χ1) is 12.9. The Morgan fingerprint density at radius 2 is 1.89 bits per heavy atom. The Labute approximate surface area is 159 Å². The fourth-order valence-electron chi connectivity index (χ4n) is 2.86. The fraction of sp³-hybridized carbons (Fsp3) is 0.238. The van der Waals surface area contributed by atoms with E-state index in [1.54, 1.807) is 55.5 Å². The molecular formula is C21H24N2O4. The second kappa shape index (κ2) is 8.89. The number of ether oxygens (including phenoxy) is 2. The average molecular weight is 368 g/mol. The highest BCUT2D eigenvalue weighted by Gasteiger charge is 2.18. The van der Waals surface area contributed by atoms with Crippen molar-refractivity contribution in [3.05, 3.63) is 71.3 Å². The molecule has 0 atom stereocenters. The quantitative estimate of drug-likeness (QED) is 0.727. The Hall–Kier alpha value is -3.28. The number of allylic oxidation sites excluding steroid dienone is 1. The molecule has 0 aromatic heterocycles. The van der Waals surface area contributed by atoms with Crippen molar-refractivity contribution in [2.24, 2.45) is 5.73 Å². The Bertz CT molecular complexity index is 861. The third-order valence-electron chi connectivity index (χ3n) is 4.14. The highest BCUT2D eigenvalue weighted by Crippen LogP contribution is 2.33. The second-order valence-electron chi connectivity index (χ2n) is 6.09. The predicted octanol–water partition coefficient (Wildman–Crippen LogP) is 2.80. The molecule has 0 spiro atoms. The van der Waals surface area contributed by atoms with Gasteiger partial charge in [-0.25, -0.2) is 0 Å². The van der Waals surface area contributed by atoms with Crippen LogP contribution in [-0.2, 0) is 13.0 Å². The normalized spacial score (nSPS) is 10.2. The smallest absolute Gasteiger partial charge is 0.254 e. The minimum Gasteiger partial charge on any atom is -0.493 e. The van der Waals surface area contributed by atoms with Crippen molar-refractivity contribution >= 4 is 11.8 Å². The number of nitrogens with zero attached hydrogens (tertiary/aromatic N) is 1. The van der Waals surface area contributed by atoms with Gasteiger partial charge in [-0.2, -0.15) is 0 Å². The van der Waals surface area contributed by atoms with Crippen molar-refractivity contribution in [2.75, 3.05) is 21.3 Å². The zero-order chi connectivity index (χ0) is 20.0. The van der Waals surface area contributed by atoms with E-state index in [1.807, 2.05) is 6.07 Å². The van der Waals surface area contributed by atoms with Crippen LogP contribution in [0.25, 0.3) is 0 Å². The molecule has 0 aliphatic carbocycles. The summed E-state index contributed by atoms with van der Waals surface area (Å²) in [6.45, 7) is 4.08. The van der Waals surface area contributed by atoms with Crippen LogP contribution in [-0.4, -0.2) is 38.0 Å². The van der Waals surface area contributed by atoms with Gasteiger partial charge in [-0.15, -0.1) is 6.58 Å². The molecule has 6 nitrogen and oxygen atoms in total. The van der Waals surface area contributed by atoms with E-state index in [4.69, 9.17) is 15.2 Å². The number of hydrogen-bond donors (Lipinski definition) is 1. The SMILES string of the molecule is C=CCc1cc(C(=O)N(C)Cc2cccc(C(N)=O)c2)cc(OC)c1OC. The fourth-order valence-corrected chi connectivity index (χ4v) is 2.86. The van der Waals surface area contributed by atoms with E-state index >= 15 is 0 Å². The Kier molecular flexibility index (Phi) is 6.60. The summed E-state index contributed by atoms with van der Waals surface area (Å²) in [4.78, 5) is 25.8. The van der Waals surface area contributed by atoms with E-state index in [9.17, 15) is 9.59 Å². The van der Waals surface area contributed by atoms with Crippen LogP contribution >= 0.6 is 0 Å². The molecule has 0 aliphatic heterocycles. The number of primary amides is 1. The van der Waals surface area contributed by atoms with Crippen molar-refractivity contribution in [3.8, 4) is 11.5 Å². The van der Waals surface area contributed by atoms with Crippen LogP contribution in [0.1, 0.15) is 31.8 Å². The van der Waals surface area contributed by atoms with E-state index in [-0.39, 0.29) is 5.91 Å². The Balaban J connectivity index is 2.30. The van der Waals surface area contributed by atoms with Crippen LogP contribution in [0.15, 0.2) is 49.1 Å². The van der Waals surface area contributed by atoms with E-state index < -0.39 is 5.91 Å². The topological polar surface area (TPSA) is 81.9 Å². The van der Waals surface area contributed by atoms with Gasteiger partial charge in [0.15, 0.2) is 11.5 Å². The highest BCUT2D eigenvalue weighted by atomic mass is 16.5. The van der Waals surface area contributed by atoms with Crippen molar-refractivity contribution < 1.29 is 19.1 Å². The average Bonchev–Trinajstić information content (AvgIpc) is 2.67. The number of methoxy groups -OCH3 is 2. The molecule has 0 saturated heterocycles. The molecule has 0 fully saturated rings. The van der Waals surface area contributed by atoms with Gasteiger partial charge in [-0.1, -0.05) is 18.2 Å². The van der Waals surface area contributed by atoms with Crippen LogP contribution in [0.4, 0.5) is 0 Å². The minimum atomic E-state index is -0.500. The third-order valence-corrected chi connectivity index (χ3v) is 4.14. The Morgan fingerprint density at radius 3 is 2.48 bits per heavy atom. The first-order valence-electron chi connectivity index (χ1n) is 8.41. The lowest BCUT2D eigenvalue weighted by Gasteiger charge is -2.20. The molecule has 2 aromatic rings. The molecule has 142 valence electrons. The molecule has 27 heavy (non-hydrogen) atoms. The lowest BCUT2D eigenvalue weighted by atomic mass is 10.0. The summed E-state index contributed by atoms with van der Waals surface area (Å²) in [5.74, 6) is 0.403. The summed E-state index contributed by atoms with van der Waals surface area (Å²) in [5.41, 5.74) is 7.84. The largest absolute Gasteiger partial charge is 0.493 e. The molecule has 0 radical (unpaired) electrons. The molecule has 0 bridgehead atoms. The number of hydrogen-bond acceptors (Lipinski definition) is 4. The standard InChI is InChI=1S/C21H24N2O4/c1-5-7-15-11-17(12-18(26-3)19(15)27-4)21(25)23(2)13-14-8-6-9-16(10-14)20(22)24/h5-6,8-12H,1,7,13H2,2-4H3,(H2,22,24). The molecule has 0 aliphatic rings. The summed E-state index contributed by atoms with van der Waals surface area (Å²) in [6, 6.07) is 10.3. The number of rotatable bonds is 8. The minimum absolute atomic E-state index is 0.175. The highest BCUT2D eigenvalue weighted by molar-refractivity contribution is 5.95. The van der Waals surface area contributed by atoms with Crippen molar-refractivity contribution in [1.82, 2.24) is 4.90 Å². The van der Waals surface area contributed by atoms with Gasteiger partial charge < -0.3 is 20.1 Å². The summed E-state index contributed by atoms with van der Waals surface area (Å²) in [5, 5.41) is 0. The van der Waals surface area contributed by atoms with Crippen LogP contribution in [0, 0.1) is 0 Å². The number of benzene rings is 2. The summed E-state index contributed by atoms with van der Waals surface area (Å²) >= 11 is 0. The molecule has 0 saturated carbocycles. The van der Waals surface area contributed by atoms with Crippen LogP contribution in [0.3, 0.4) is 0 Å². The monoisotopic (exact) mass is 368 g/mol. The van der Waals surface area contributed by atoms with Gasteiger partial charge in [0, 0.05) is 30.3 Å². The number of amides is 2. The molecular weight excluding hydrogens is 344 g/mol. The van der Waals surface area contributed by atoms with Gasteiger partial charge in [0.2, 0.25) is 5.91 Å². The maximum Gasteiger partial charge on any atom is 0.254 e. The predicted molar refractivity (Wildman–Crippen MR) is 104 cm³/mol. The number of nitrogens with two attached hydrogens (primary N) is 1. The summed E-state index contributed by atoms with van der Waals surface area (Å²) in [6.07, 6.45) is 2.29. The summed E-state index contributed by atoms with van der Waals surface area (Å²) < 4.78 is 10.8. The molecule has 6 heteroatoms. The van der Waals surface area contributed by atoms with Gasteiger partial charge in [-0.3, -0.25) is 9.59 Å². The van der Waals surface area contributed by atoms with Gasteiger partial charge in [-0.05, 0) is 36.2 Å². The lowest BCUT2D eigenvalue weighted by Crippen LogP contribution is -2.26. The van der Waals surface area contributed by atoms with E-state index in [0.29, 0.717) is 35.6 Å². The van der Waals surface area contributed by atoms with Crippen molar-refractivity contribution in [2.45, 2.75) is 13.0 Å². The molecule has 2 amide bonds. The van der Waals surface area contributed by atoms with E-state index in [2.05, 4.69) is 6.58 Å². The van der Waals surface area contributed by atoms with E-state index in [0.717, 1.165) is 11.1 Å². The lowest BCUT2D eigenvalue weighted by molar-refractivity contribution is 0.0784. The zero-order valence-electron chi connectivity index (χ0n) is 15.8. The van der Waals surface area contributed by atoms with Crippen LogP contribution in [0.2, 0.25) is 0 Å². The molecule has 2 aromatic carbocycles. The molecule has 2 N–H and O–H groups in total. The summed E-state index contributed by atoms with van der Waals surface area (Å²) in [7, 11) is 4.79. The van der Waals surface area contributed by atoms with Crippen molar-refractivity contribution in [1.29, 1.82) is 0 Å².